The van der Waals surface area contributed by atoms with Crippen LogP contribution >= 0.6 is 0 Å². The molecule has 0 fully saturated rings. The van der Waals surface area contributed by atoms with Crippen LogP contribution in [0.4, 0.5) is 0 Å². The van der Waals surface area contributed by atoms with Crippen molar-refractivity contribution < 1.29 is 14.3 Å². The summed E-state index contributed by atoms with van der Waals surface area (Å²) in [6.45, 7) is 9.55. The summed E-state index contributed by atoms with van der Waals surface area (Å²) >= 11 is 0. The predicted molar refractivity (Wildman–Crippen MR) is 136 cm³/mol. The molecule has 4 aromatic rings. The van der Waals surface area contributed by atoms with E-state index in [0.717, 1.165) is 16.5 Å². The third-order valence-corrected chi connectivity index (χ3v) is 5.60. The van der Waals surface area contributed by atoms with Gasteiger partial charge in [-0.05, 0) is 57.7 Å². The Morgan fingerprint density at radius 2 is 1.66 bits per heavy atom. The normalized spacial score (nSPS) is 12.0. The number of esters is 1. The first-order chi connectivity index (χ1) is 16.5. The van der Waals surface area contributed by atoms with Crippen molar-refractivity contribution in [3.8, 4) is 5.75 Å². The molecule has 0 atom stereocenters. The summed E-state index contributed by atoms with van der Waals surface area (Å²) in [7, 11) is 0. The number of hydrogen-bond donors (Lipinski definition) is 1. The summed E-state index contributed by atoms with van der Waals surface area (Å²) < 4.78 is 13.5. The third-order valence-electron chi connectivity index (χ3n) is 5.60. The molecule has 7 heteroatoms. The Balaban J connectivity index is 1.69. The number of hydrogen-bond acceptors (Lipinski definition) is 5. The second-order valence-electron chi connectivity index (χ2n) is 10.2. The molecule has 0 bridgehead atoms. The van der Waals surface area contributed by atoms with Gasteiger partial charge in [0.2, 0.25) is 5.75 Å². The minimum atomic E-state index is -0.748. The number of ether oxygens (including phenoxy) is 2. The zero-order valence-electron chi connectivity index (χ0n) is 20.8. The number of aromatic nitrogens is 3. The standard InChI is InChI=1S/C28H31N3O4/c1-27(2,3)35-26(33)23-24(34-18-19-11-7-6-8-12-19)25(32)30-22(29-23)17-28(4,5)31-16-15-20-13-9-10-14-21(20)31/h6-16H,17-18H2,1-5H3,(H,29,30,32). The first kappa shape index (κ1) is 24.3. The molecule has 0 saturated heterocycles. The molecule has 35 heavy (non-hydrogen) atoms. The van der Waals surface area contributed by atoms with Crippen molar-refractivity contribution in [2.75, 3.05) is 0 Å². The Kier molecular flexibility index (Phi) is 6.52. The topological polar surface area (TPSA) is 86.2 Å². The van der Waals surface area contributed by atoms with Crippen molar-refractivity contribution in [1.82, 2.24) is 14.5 Å². The Hall–Kier alpha value is -3.87. The van der Waals surface area contributed by atoms with Gasteiger partial charge in [0.1, 0.15) is 18.0 Å². The van der Waals surface area contributed by atoms with Crippen LogP contribution in [0, 0.1) is 0 Å². The van der Waals surface area contributed by atoms with E-state index in [2.05, 4.69) is 46.6 Å². The van der Waals surface area contributed by atoms with Crippen LogP contribution in [0.5, 0.6) is 5.75 Å². The molecule has 182 valence electrons. The smallest absolute Gasteiger partial charge is 0.361 e. The molecule has 0 aliphatic carbocycles. The number of nitrogens with one attached hydrogen (secondary N) is 1. The van der Waals surface area contributed by atoms with Gasteiger partial charge in [-0.3, -0.25) is 4.79 Å². The summed E-state index contributed by atoms with van der Waals surface area (Å²) in [6.07, 6.45) is 2.41. The van der Waals surface area contributed by atoms with E-state index < -0.39 is 22.7 Å². The number of carbonyl (C=O) groups excluding carboxylic acids is 1. The molecule has 7 nitrogen and oxygen atoms in total. The molecular formula is C28H31N3O4. The van der Waals surface area contributed by atoms with E-state index in [-0.39, 0.29) is 18.1 Å². The van der Waals surface area contributed by atoms with Gasteiger partial charge in [0.15, 0.2) is 5.69 Å². The maximum atomic E-state index is 13.1. The Bertz CT molecular complexity index is 1400. The highest BCUT2D eigenvalue weighted by molar-refractivity contribution is 5.90. The molecule has 0 aliphatic rings. The maximum absolute atomic E-state index is 13.1. The molecule has 0 amide bonds. The van der Waals surface area contributed by atoms with Gasteiger partial charge in [-0.15, -0.1) is 0 Å². The van der Waals surface area contributed by atoms with Gasteiger partial charge in [0.25, 0.3) is 5.56 Å². The highest BCUT2D eigenvalue weighted by atomic mass is 16.6. The Morgan fingerprint density at radius 3 is 2.37 bits per heavy atom. The minimum Gasteiger partial charge on any atom is -0.481 e. The molecule has 0 saturated carbocycles. The second kappa shape index (κ2) is 9.41. The average Bonchev–Trinajstić information content (AvgIpc) is 3.23. The molecule has 4 rings (SSSR count). The molecule has 0 spiro atoms. The molecular weight excluding hydrogens is 442 g/mol. The maximum Gasteiger partial charge on any atom is 0.361 e. The Morgan fingerprint density at radius 1 is 0.971 bits per heavy atom. The highest BCUT2D eigenvalue weighted by Crippen LogP contribution is 2.27. The van der Waals surface area contributed by atoms with Crippen LogP contribution in [0.25, 0.3) is 10.9 Å². The first-order valence-electron chi connectivity index (χ1n) is 11.6. The predicted octanol–water partition coefficient (Wildman–Crippen LogP) is 5.24. The van der Waals surface area contributed by atoms with Crippen molar-refractivity contribution in [2.24, 2.45) is 0 Å². The van der Waals surface area contributed by atoms with Gasteiger partial charge in [-0.25, -0.2) is 9.78 Å². The number of fused-ring (bicyclic) bond motifs is 1. The van der Waals surface area contributed by atoms with E-state index in [1.165, 1.54) is 0 Å². The first-order valence-corrected chi connectivity index (χ1v) is 11.6. The lowest BCUT2D eigenvalue weighted by Crippen LogP contribution is -2.32. The largest absolute Gasteiger partial charge is 0.481 e. The highest BCUT2D eigenvalue weighted by Gasteiger charge is 2.29. The van der Waals surface area contributed by atoms with Crippen molar-refractivity contribution in [1.29, 1.82) is 0 Å². The van der Waals surface area contributed by atoms with Crippen LogP contribution in [0.15, 0.2) is 71.7 Å². The number of rotatable bonds is 7. The lowest BCUT2D eigenvalue weighted by atomic mass is 9.99. The number of aromatic amines is 1. The molecule has 0 radical (unpaired) electrons. The molecule has 0 unspecified atom stereocenters. The molecule has 2 aromatic carbocycles. The van der Waals surface area contributed by atoms with Gasteiger partial charge < -0.3 is 19.0 Å². The number of benzene rings is 2. The number of H-pyrrole nitrogens is 1. The van der Waals surface area contributed by atoms with E-state index in [1.807, 2.05) is 48.7 Å². The molecule has 0 aliphatic heterocycles. The van der Waals surface area contributed by atoms with E-state index in [0.29, 0.717) is 12.2 Å². The summed E-state index contributed by atoms with van der Waals surface area (Å²) in [6, 6.07) is 19.6. The fraction of sp³-hybridized carbons (Fsp3) is 0.321. The lowest BCUT2D eigenvalue weighted by molar-refractivity contribution is 0.00570. The summed E-state index contributed by atoms with van der Waals surface area (Å²) in [5.41, 5.74) is 0.127. The quantitative estimate of drug-likeness (QED) is 0.371. The fourth-order valence-electron chi connectivity index (χ4n) is 4.03. The van der Waals surface area contributed by atoms with E-state index in [4.69, 9.17) is 9.47 Å². The van der Waals surface area contributed by atoms with Crippen LogP contribution in [0.3, 0.4) is 0 Å². The van der Waals surface area contributed by atoms with Crippen LogP contribution in [0.1, 0.15) is 56.5 Å². The number of para-hydroxylation sites is 1. The van der Waals surface area contributed by atoms with E-state index in [1.54, 1.807) is 20.8 Å². The van der Waals surface area contributed by atoms with Gasteiger partial charge in [0, 0.05) is 23.7 Å². The van der Waals surface area contributed by atoms with Crippen LogP contribution in [0.2, 0.25) is 0 Å². The van der Waals surface area contributed by atoms with Crippen LogP contribution < -0.4 is 10.3 Å². The van der Waals surface area contributed by atoms with E-state index in [9.17, 15) is 9.59 Å². The van der Waals surface area contributed by atoms with Crippen molar-refractivity contribution in [3.63, 3.8) is 0 Å². The van der Waals surface area contributed by atoms with Crippen molar-refractivity contribution in [2.45, 2.75) is 58.8 Å². The minimum absolute atomic E-state index is 0.122. The van der Waals surface area contributed by atoms with Crippen LogP contribution in [-0.2, 0) is 23.3 Å². The number of nitrogens with zero attached hydrogens (tertiary/aromatic N) is 2. The monoisotopic (exact) mass is 473 g/mol. The summed E-state index contributed by atoms with van der Waals surface area (Å²) in [5.74, 6) is -0.459. The van der Waals surface area contributed by atoms with E-state index >= 15 is 0 Å². The molecule has 2 aromatic heterocycles. The summed E-state index contributed by atoms with van der Waals surface area (Å²) in [5, 5.41) is 1.13. The van der Waals surface area contributed by atoms with Crippen molar-refractivity contribution in [3.05, 3.63) is 94.3 Å². The Labute approximate surface area is 204 Å². The SMILES string of the molecule is CC(C)(C)OC(=O)c1nc(CC(C)(C)n2ccc3ccccc32)[nH]c(=O)c1OCc1ccccc1. The zero-order chi connectivity index (χ0) is 25.2. The molecule has 1 N–H and O–H groups in total. The summed E-state index contributed by atoms with van der Waals surface area (Å²) in [4.78, 5) is 33.5. The van der Waals surface area contributed by atoms with Gasteiger partial charge in [-0.1, -0.05) is 48.5 Å². The molecule has 2 heterocycles. The fourth-order valence-corrected chi connectivity index (χ4v) is 4.03. The zero-order valence-corrected chi connectivity index (χ0v) is 20.8. The second-order valence-corrected chi connectivity index (χ2v) is 10.2. The van der Waals surface area contributed by atoms with Gasteiger partial charge in [0.05, 0.1) is 0 Å². The van der Waals surface area contributed by atoms with Crippen molar-refractivity contribution >= 4 is 16.9 Å². The van der Waals surface area contributed by atoms with Gasteiger partial charge >= 0.3 is 5.97 Å². The van der Waals surface area contributed by atoms with Crippen LogP contribution in [-0.4, -0.2) is 26.1 Å². The average molecular weight is 474 g/mol. The number of carbonyl (C=O) groups is 1. The third kappa shape index (κ3) is 5.62. The van der Waals surface area contributed by atoms with Gasteiger partial charge in [-0.2, -0.15) is 0 Å². The lowest BCUT2D eigenvalue weighted by Gasteiger charge is -2.28.